The van der Waals surface area contributed by atoms with Gasteiger partial charge in [0.15, 0.2) is 0 Å². The number of benzene rings is 4. The van der Waals surface area contributed by atoms with Crippen molar-refractivity contribution in [3.63, 3.8) is 0 Å². The minimum atomic E-state index is -1.08. The van der Waals surface area contributed by atoms with Gasteiger partial charge in [0.25, 0.3) is 0 Å². The number of aliphatic hydroxyl groups is 1. The fraction of sp³-hybridized carbons (Fsp3) is 0.241. The zero-order valence-corrected chi connectivity index (χ0v) is 20.7. The summed E-state index contributed by atoms with van der Waals surface area (Å²) in [6.07, 6.45) is 0.606. The molecule has 0 heterocycles. The highest BCUT2D eigenvalue weighted by Crippen LogP contribution is 2.45. The van der Waals surface area contributed by atoms with Crippen molar-refractivity contribution in [3.8, 4) is 5.75 Å². The van der Waals surface area contributed by atoms with E-state index in [0.29, 0.717) is 11.9 Å². The first kappa shape index (κ1) is 23.5. The maximum Gasteiger partial charge on any atom is 0.143 e. The van der Waals surface area contributed by atoms with Gasteiger partial charge in [-0.05, 0) is 76.0 Å². The fourth-order valence-corrected chi connectivity index (χ4v) is 4.81. The smallest absolute Gasteiger partial charge is 0.143 e. The molecule has 4 aromatic carbocycles. The van der Waals surface area contributed by atoms with Gasteiger partial charge >= 0.3 is 0 Å². The third kappa shape index (κ3) is 5.30. The maximum absolute atomic E-state index is 12.5. The number of alkyl halides is 1. The van der Waals surface area contributed by atoms with Crippen LogP contribution in [0.25, 0.3) is 10.8 Å². The van der Waals surface area contributed by atoms with Gasteiger partial charge in [-0.3, -0.25) is 0 Å². The van der Waals surface area contributed by atoms with E-state index >= 15 is 0 Å². The van der Waals surface area contributed by atoms with E-state index in [1.165, 1.54) is 0 Å². The van der Waals surface area contributed by atoms with Gasteiger partial charge in [0, 0.05) is 12.5 Å². The van der Waals surface area contributed by atoms with Gasteiger partial charge in [-0.15, -0.1) is 0 Å². The van der Waals surface area contributed by atoms with Crippen LogP contribution in [0.4, 0.5) is 0 Å². The highest BCUT2D eigenvalue weighted by atomic mass is 79.9. The Morgan fingerprint density at radius 3 is 2.15 bits per heavy atom. The Bertz CT molecular complexity index is 1180. The van der Waals surface area contributed by atoms with Crippen LogP contribution in [0.3, 0.4) is 0 Å². The van der Waals surface area contributed by atoms with Gasteiger partial charge in [-0.1, -0.05) is 84.9 Å². The lowest BCUT2D eigenvalue weighted by Crippen LogP contribution is -2.37. The maximum atomic E-state index is 12.5. The molecule has 0 radical (unpaired) electrons. The molecule has 0 fully saturated rings. The Kier molecular flexibility index (Phi) is 7.49. The first-order chi connectivity index (χ1) is 16.0. The number of fused-ring (bicyclic) bond motifs is 1. The molecular formula is C29H30BrNO2. The van der Waals surface area contributed by atoms with Gasteiger partial charge in [0.2, 0.25) is 0 Å². The van der Waals surface area contributed by atoms with E-state index in [4.69, 9.17) is 4.74 Å². The summed E-state index contributed by atoms with van der Waals surface area (Å²) in [6.45, 7) is 0.769. The first-order valence-electron chi connectivity index (χ1n) is 11.2. The van der Waals surface area contributed by atoms with Crippen LogP contribution in [0.15, 0.2) is 97.1 Å². The number of hydrogen-bond donors (Lipinski definition) is 1. The molecule has 170 valence electrons. The summed E-state index contributed by atoms with van der Waals surface area (Å²) in [7, 11) is 4.09. The summed E-state index contributed by atoms with van der Waals surface area (Å²) in [5.74, 6) is 0.588. The van der Waals surface area contributed by atoms with E-state index in [0.717, 1.165) is 39.8 Å². The molecule has 4 rings (SSSR count). The van der Waals surface area contributed by atoms with E-state index in [1.807, 2.05) is 68.7 Å². The zero-order valence-electron chi connectivity index (χ0n) is 19.1. The van der Waals surface area contributed by atoms with Crippen LogP contribution < -0.4 is 4.74 Å². The Hall–Kier alpha value is -2.66. The van der Waals surface area contributed by atoms with Crippen molar-refractivity contribution < 1.29 is 9.84 Å². The molecule has 0 bridgehead atoms. The predicted molar refractivity (Wildman–Crippen MR) is 140 cm³/mol. The monoisotopic (exact) mass is 503 g/mol. The molecule has 2 atom stereocenters. The van der Waals surface area contributed by atoms with Gasteiger partial charge in [-0.2, -0.15) is 0 Å². The lowest BCUT2D eigenvalue weighted by molar-refractivity contribution is 0.00451. The molecule has 0 spiro atoms. The summed E-state index contributed by atoms with van der Waals surface area (Å²) in [6, 6.07) is 33.0. The van der Waals surface area contributed by atoms with E-state index in [2.05, 4.69) is 63.3 Å². The van der Waals surface area contributed by atoms with Crippen LogP contribution in [0.1, 0.15) is 29.0 Å². The number of nitrogens with zero attached hydrogens (tertiary/aromatic N) is 1. The van der Waals surface area contributed by atoms with E-state index < -0.39 is 5.60 Å². The summed E-state index contributed by atoms with van der Waals surface area (Å²) in [4.78, 5) is 2.13. The summed E-state index contributed by atoms with van der Waals surface area (Å²) in [5, 5.41) is 14.7. The van der Waals surface area contributed by atoms with Gasteiger partial charge < -0.3 is 14.7 Å². The number of hydrogen-bond acceptors (Lipinski definition) is 3. The van der Waals surface area contributed by atoms with Crippen LogP contribution in [-0.2, 0) is 5.60 Å². The Balaban J connectivity index is 1.90. The zero-order chi connectivity index (χ0) is 23.3. The van der Waals surface area contributed by atoms with Gasteiger partial charge in [0.1, 0.15) is 16.9 Å². The van der Waals surface area contributed by atoms with Crippen molar-refractivity contribution in [1.29, 1.82) is 0 Å². The molecule has 1 N–H and O–H groups in total. The summed E-state index contributed by atoms with van der Waals surface area (Å²) < 4.78 is 5.66. The topological polar surface area (TPSA) is 32.7 Å². The second-order valence-corrected chi connectivity index (χ2v) is 9.17. The molecule has 0 aliphatic heterocycles. The van der Waals surface area contributed by atoms with Crippen LogP contribution in [-0.4, -0.2) is 36.2 Å². The largest absolute Gasteiger partial charge is 0.482 e. The molecule has 0 aromatic heterocycles. The van der Waals surface area contributed by atoms with E-state index in [1.54, 1.807) is 0 Å². The summed E-state index contributed by atoms with van der Waals surface area (Å²) in [5.41, 5.74) is 2.47. The van der Waals surface area contributed by atoms with Gasteiger partial charge in [0.05, 0.1) is 0 Å². The lowest BCUT2D eigenvalue weighted by atomic mass is 9.71. The molecule has 4 aromatic rings. The molecule has 2 unspecified atom stereocenters. The Morgan fingerprint density at radius 1 is 0.818 bits per heavy atom. The third-order valence-corrected chi connectivity index (χ3v) is 6.44. The van der Waals surface area contributed by atoms with E-state index in [-0.39, 0.29) is 5.92 Å². The average Bonchev–Trinajstić information content (AvgIpc) is 2.84. The highest BCUT2D eigenvalue weighted by Gasteiger charge is 2.40. The molecule has 0 aliphatic rings. The third-order valence-electron chi connectivity index (χ3n) is 6.21. The van der Waals surface area contributed by atoms with Crippen LogP contribution >= 0.6 is 15.9 Å². The van der Waals surface area contributed by atoms with Crippen LogP contribution in [0.5, 0.6) is 5.75 Å². The fourth-order valence-electron chi connectivity index (χ4n) is 4.54. The second-order valence-electron chi connectivity index (χ2n) is 8.71. The van der Waals surface area contributed by atoms with Gasteiger partial charge in [-0.25, -0.2) is 0 Å². The average molecular weight is 504 g/mol. The minimum Gasteiger partial charge on any atom is -0.482 e. The summed E-state index contributed by atoms with van der Waals surface area (Å²) >= 11 is 3.34. The molecule has 0 amide bonds. The molecule has 0 aliphatic carbocycles. The molecule has 0 saturated carbocycles. The van der Waals surface area contributed by atoms with Crippen molar-refractivity contribution in [2.75, 3.05) is 26.2 Å². The minimum absolute atomic E-state index is 0.230. The highest BCUT2D eigenvalue weighted by molar-refractivity contribution is 9.09. The van der Waals surface area contributed by atoms with E-state index in [9.17, 15) is 5.11 Å². The quantitative estimate of drug-likeness (QED) is 0.263. The van der Waals surface area contributed by atoms with Crippen molar-refractivity contribution in [3.05, 3.63) is 114 Å². The van der Waals surface area contributed by atoms with Crippen LogP contribution in [0, 0.1) is 0 Å². The van der Waals surface area contributed by atoms with Crippen molar-refractivity contribution in [2.24, 2.45) is 0 Å². The predicted octanol–water partition coefficient (Wildman–Crippen LogP) is 6.54. The molecule has 3 nitrogen and oxygen atoms in total. The molecule has 0 saturated heterocycles. The number of ether oxygens (including phenoxy) is 1. The Labute approximate surface area is 204 Å². The van der Waals surface area contributed by atoms with Crippen molar-refractivity contribution in [2.45, 2.75) is 17.9 Å². The number of rotatable bonds is 9. The first-order valence-corrected chi connectivity index (χ1v) is 12.3. The standard InChI is InChI=1S/C29H30BrNO2/c1-31(2)18-17-29(32,26-11-7-4-8-12-26)28(23-9-5-3-6-10-23)24-14-13-22-15-16-27(33-21-30)20-25(22)19-24/h3-16,19-20,28,32H,17-18,21H2,1-2H3. The lowest BCUT2D eigenvalue weighted by Gasteiger charge is -2.38. The normalized spacial score (nSPS) is 14.2. The Morgan fingerprint density at radius 2 is 1.48 bits per heavy atom. The van der Waals surface area contributed by atoms with Crippen molar-refractivity contribution in [1.82, 2.24) is 4.90 Å². The SMILES string of the molecule is CN(C)CCC(O)(c1ccccc1)C(c1ccccc1)c1ccc2ccc(OCBr)cc2c1. The molecular weight excluding hydrogens is 474 g/mol. The molecule has 33 heavy (non-hydrogen) atoms. The molecule has 4 heteroatoms. The van der Waals surface area contributed by atoms with Crippen molar-refractivity contribution >= 4 is 26.7 Å². The number of halogens is 1. The van der Waals surface area contributed by atoms with Crippen LogP contribution in [0.2, 0.25) is 0 Å². The second kappa shape index (κ2) is 10.5.